The van der Waals surface area contributed by atoms with Gasteiger partial charge in [0.05, 0.1) is 6.61 Å². The van der Waals surface area contributed by atoms with Crippen molar-refractivity contribution in [1.82, 2.24) is 10.2 Å². The number of rotatable bonds is 8. The Kier molecular flexibility index (Phi) is 6.94. The lowest BCUT2D eigenvalue weighted by Crippen LogP contribution is -2.30. The quantitative estimate of drug-likeness (QED) is 0.714. The van der Waals surface area contributed by atoms with Crippen LogP contribution in [0.5, 0.6) is 0 Å². The average molecular weight is 250 g/mol. The Labute approximate surface area is 111 Å². The number of aryl methyl sites for hydroxylation is 2. The summed E-state index contributed by atoms with van der Waals surface area (Å²) in [5.41, 5.74) is 4.13. The van der Waals surface area contributed by atoms with Gasteiger partial charge in [0.25, 0.3) is 0 Å². The molecule has 0 aliphatic heterocycles. The van der Waals surface area contributed by atoms with E-state index in [9.17, 15) is 0 Å². The van der Waals surface area contributed by atoms with Crippen molar-refractivity contribution in [3.05, 3.63) is 34.9 Å². The fourth-order valence-electron chi connectivity index (χ4n) is 1.96. The molecule has 0 fully saturated rings. The van der Waals surface area contributed by atoms with Crippen molar-refractivity contribution in [2.24, 2.45) is 0 Å². The van der Waals surface area contributed by atoms with Crippen LogP contribution in [-0.4, -0.2) is 45.3 Å². The summed E-state index contributed by atoms with van der Waals surface area (Å²) >= 11 is 0. The lowest BCUT2D eigenvalue weighted by atomic mass is 10.1. The first kappa shape index (κ1) is 15.2. The number of nitrogens with zero attached hydrogens (tertiary/aromatic N) is 1. The minimum atomic E-state index is 0.779. The maximum atomic E-state index is 5.00. The first-order valence-electron chi connectivity index (χ1n) is 6.58. The van der Waals surface area contributed by atoms with Gasteiger partial charge < -0.3 is 15.0 Å². The molecule has 1 aromatic carbocycles. The highest BCUT2D eigenvalue weighted by Crippen LogP contribution is 2.12. The van der Waals surface area contributed by atoms with Crippen molar-refractivity contribution in [3.63, 3.8) is 0 Å². The molecule has 0 spiro atoms. The van der Waals surface area contributed by atoms with E-state index in [-0.39, 0.29) is 0 Å². The summed E-state index contributed by atoms with van der Waals surface area (Å²) in [6, 6.07) is 6.67. The molecular weight excluding hydrogens is 224 g/mol. The van der Waals surface area contributed by atoms with Crippen LogP contribution in [0.2, 0.25) is 0 Å². The minimum absolute atomic E-state index is 0.779. The van der Waals surface area contributed by atoms with E-state index in [0.29, 0.717) is 0 Å². The van der Waals surface area contributed by atoms with Gasteiger partial charge in [-0.25, -0.2) is 0 Å². The van der Waals surface area contributed by atoms with E-state index < -0.39 is 0 Å². The standard InChI is InChI=1S/C15H26N2O/c1-13-5-6-15(14(2)11-13)12-17(3)9-7-16-8-10-18-4/h5-6,11,16H,7-10,12H2,1-4H3. The molecule has 0 aliphatic rings. The van der Waals surface area contributed by atoms with Crippen molar-refractivity contribution >= 4 is 0 Å². The van der Waals surface area contributed by atoms with Gasteiger partial charge in [-0.2, -0.15) is 0 Å². The molecule has 0 saturated heterocycles. The van der Waals surface area contributed by atoms with E-state index in [1.54, 1.807) is 7.11 Å². The maximum absolute atomic E-state index is 5.00. The second kappa shape index (κ2) is 8.25. The topological polar surface area (TPSA) is 24.5 Å². The molecule has 1 aromatic rings. The van der Waals surface area contributed by atoms with Gasteiger partial charge in [-0.3, -0.25) is 0 Å². The van der Waals surface area contributed by atoms with Gasteiger partial charge in [0.1, 0.15) is 0 Å². The molecule has 0 amide bonds. The van der Waals surface area contributed by atoms with Gasteiger partial charge in [0, 0.05) is 33.3 Å². The van der Waals surface area contributed by atoms with E-state index in [0.717, 1.165) is 32.8 Å². The van der Waals surface area contributed by atoms with E-state index >= 15 is 0 Å². The number of ether oxygens (including phenoxy) is 1. The molecule has 0 unspecified atom stereocenters. The third kappa shape index (κ3) is 5.63. The van der Waals surface area contributed by atoms with Crippen molar-refractivity contribution in [1.29, 1.82) is 0 Å². The molecule has 3 nitrogen and oxygen atoms in total. The van der Waals surface area contributed by atoms with E-state index in [4.69, 9.17) is 4.74 Å². The molecule has 18 heavy (non-hydrogen) atoms. The normalized spacial score (nSPS) is 11.2. The summed E-state index contributed by atoms with van der Waals surface area (Å²) in [5, 5.41) is 3.36. The molecule has 0 aliphatic carbocycles. The van der Waals surface area contributed by atoms with Crippen LogP contribution in [0.3, 0.4) is 0 Å². The zero-order valence-corrected chi connectivity index (χ0v) is 12.1. The molecule has 0 radical (unpaired) electrons. The summed E-state index contributed by atoms with van der Waals surface area (Å²) in [4.78, 5) is 2.34. The smallest absolute Gasteiger partial charge is 0.0587 e. The van der Waals surface area contributed by atoms with Crippen LogP contribution in [0.15, 0.2) is 18.2 Å². The Morgan fingerprint density at radius 2 is 2.00 bits per heavy atom. The van der Waals surface area contributed by atoms with Crippen molar-refractivity contribution in [2.75, 3.05) is 40.4 Å². The Morgan fingerprint density at radius 3 is 2.67 bits per heavy atom. The Morgan fingerprint density at radius 1 is 1.22 bits per heavy atom. The fraction of sp³-hybridized carbons (Fsp3) is 0.600. The summed E-state index contributed by atoms with van der Waals surface area (Å²) < 4.78 is 5.00. The lowest BCUT2D eigenvalue weighted by molar-refractivity contribution is 0.197. The molecule has 102 valence electrons. The van der Waals surface area contributed by atoms with Crippen LogP contribution < -0.4 is 5.32 Å². The Balaban J connectivity index is 2.28. The summed E-state index contributed by atoms with van der Waals surface area (Å²) in [7, 11) is 3.89. The minimum Gasteiger partial charge on any atom is -0.383 e. The monoisotopic (exact) mass is 250 g/mol. The van der Waals surface area contributed by atoms with Crippen molar-refractivity contribution < 1.29 is 4.74 Å². The van der Waals surface area contributed by atoms with Crippen LogP contribution in [0.25, 0.3) is 0 Å². The van der Waals surface area contributed by atoms with Gasteiger partial charge in [-0.1, -0.05) is 23.8 Å². The Hall–Kier alpha value is -0.900. The third-order valence-corrected chi connectivity index (χ3v) is 3.09. The van der Waals surface area contributed by atoms with Gasteiger partial charge in [0.2, 0.25) is 0 Å². The average Bonchev–Trinajstić information content (AvgIpc) is 2.32. The second-order valence-electron chi connectivity index (χ2n) is 4.91. The first-order valence-corrected chi connectivity index (χ1v) is 6.58. The molecule has 1 N–H and O–H groups in total. The Bertz CT molecular complexity index is 352. The molecule has 0 saturated carbocycles. The molecule has 0 aromatic heterocycles. The predicted octanol–water partition coefficient (Wildman–Crippen LogP) is 1.97. The largest absolute Gasteiger partial charge is 0.383 e. The van der Waals surface area contributed by atoms with Crippen LogP contribution in [-0.2, 0) is 11.3 Å². The number of methoxy groups -OCH3 is 1. The van der Waals surface area contributed by atoms with Crippen LogP contribution in [0.1, 0.15) is 16.7 Å². The second-order valence-corrected chi connectivity index (χ2v) is 4.91. The van der Waals surface area contributed by atoms with Crippen LogP contribution in [0.4, 0.5) is 0 Å². The maximum Gasteiger partial charge on any atom is 0.0587 e. The zero-order valence-electron chi connectivity index (χ0n) is 12.1. The summed E-state index contributed by atoms with van der Waals surface area (Å²) in [6.45, 7) is 9.10. The molecule has 0 bridgehead atoms. The predicted molar refractivity (Wildman–Crippen MR) is 77.0 cm³/mol. The number of likely N-dealkylation sites (N-methyl/N-ethyl adjacent to an activating group) is 1. The molecule has 3 heteroatoms. The highest BCUT2D eigenvalue weighted by molar-refractivity contribution is 5.30. The van der Waals surface area contributed by atoms with Gasteiger partial charge in [0.15, 0.2) is 0 Å². The first-order chi connectivity index (χ1) is 8.63. The fourth-order valence-corrected chi connectivity index (χ4v) is 1.96. The SMILES string of the molecule is COCCNCCN(C)Cc1ccc(C)cc1C. The van der Waals surface area contributed by atoms with E-state index in [1.165, 1.54) is 16.7 Å². The van der Waals surface area contributed by atoms with E-state index in [2.05, 4.69) is 49.3 Å². The van der Waals surface area contributed by atoms with E-state index in [1.807, 2.05) is 0 Å². The number of nitrogens with one attached hydrogen (secondary N) is 1. The number of benzene rings is 1. The lowest BCUT2D eigenvalue weighted by Gasteiger charge is -2.18. The summed E-state index contributed by atoms with van der Waals surface area (Å²) in [5.74, 6) is 0. The van der Waals surface area contributed by atoms with Crippen molar-refractivity contribution in [3.8, 4) is 0 Å². The van der Waals surface area contributed by atoms with Gasteiger partial charge in [-0.05, 0) is 32.0 Å². The highest BCUT2D eigenvalue weighted by Gasteiger charge is 2.03. The molecule has 1 rings (SSSR count). The molecule has 0 atom stereocenters. The highest BCUT2D eigenvalue weighted by atomic mass is 16.5. The van der Waals surface area contributed by atoms with Crippen molar-refractivity contribution in [2.45, 2.75) is 20.4 Å². The number of hydrogen-bond acceptors (Lipinski definition) is 3. The molecule has 0 heterocycles. The summed E-state index contributed by atoms with van der Waals surface area (Å²) in [6.07, 6.45) is 0. The van der Waals surface area contributed by atoms with Crippen LogP contribution >= 0.6 is 0 Å². The third-order valence-electron chi connectivity index (χ3n) is 3.09. The molecular formula is C15H26N2O. The van der Waals surface area contributed by atoms with Crippen LogP contribution in [0, 0.1) is 13.8 Å². The number of hydrogen-bond donors (Lipinski definition) is 1. The zero-order chi connectivity index (χ0) is 13.4. The van der Waals surface area contributed by atoms with Gasteiger partial charge in [-0.15, -0.1) is 0 Å². The van der Waals surface area contributed by atoms with Gasteiger partial charge >= 0.3 is 0 Å².